The van der Waals surface area contributed by atoms with Crippen molar-refractivity contribution in [2.24, 2.45) is 5.41 Å². The first-order valence-electron chi connectivity index (χ1n) is 5.53. The number of hydrogen-bond donors (Lipinski definition) is 1. The average Bonchev–Trinajstić information content (AvgIpc) is 2.27. The molecule has 0 aliphatic rings. The number of halogens is 1. The average molecular weight is 259 g/mol. The summed E-state index contributed by atoms with van der Waals surface area (Å²) >= 11 is 0. The first kappa shape index (κ1) is 14.1. The third-order valence-corrected chi connectivity index (χ3v) is 4.26. The van der Waals surface area contributed by atoms with Gasteiger partial charge in [0.05, 0.1) is 0 Å². The maximum atomic E-state index is 13.4. The van der Waals surface area contributed by atoms with Crippen LogP contribution in [0.5, 0.6) is 0 Å². The van der Waals surface area contributed by atoms with Crippen LogP contribution in [0.2, 0.25) is 0 Å². The van der Waals surface area contributed by atoms with Crippen molar-refractivity contribution >= 4 is 10.0 Å². The van der Waals surface area contributed by atoms with Gasteiger partial charge in [-0.15, -0.1) is 0 Å². The van der Waals surface area contributed by atoms with Crippen LogP contribution in [0.1, 0.15) is 27.2 Å². The van der Waals surface area contributed by atoms with Crippen molar-refractivity contribution in [3.8, 4) is 0 Å². The lowest BCUT2D eigenvalue weighted by atomic mass is 9.91. The van der Waals surface area contributed by atoms with E-state index in [9.17, 15) is 12.8 Å². The van der Waals surface area contributed by atoms with E-state index in [1.165, 1.54) is 18.2 Å². The van der Waals surface area contributed by atoms with Gasteiger partial charge >= 0.3 is 0 Å². The van der Waals surface area contributed by atoms with Crippen molar-refractivity contribution in [2.45, 2.75) is 32.1 Å². The maximum absolute atomic E-state index is 13.4. The van der Waals surface area contributed by atoms with Gasteiger partial charge in [-0.3, -0.25) is 0 Å². The van der Waals surface area contributed by atoms with E-state index in [0.717, 1.165) is 12.5 Å². The number of nitrogens with one attached hydrogen (secondary N) is 1. The summed E-state index contributed by atoms with van der Waals surface area (Å²) in [5.41, 5.74) is -0.141. The minimum Gasteiger partial charge on any atom is -0.211 e. The molecule has 0 amide bonds. The second-order valence-corrected chi connectivity index (χ2v) is 6.51. The zero-order chi connectivity index (χ0) is 13.1. The van der Waals surface area contributed by atoms with Gasteiger partial charge in [0, 0.05) is 6.54 Å². The fourth-order valence-electron chi connectivity index (χ4n) is 1.16. The molecule has 96 valence electrons. The van der Waals surface area contributed by atoms with E-state index in [1.807, 2.05) is 20.8 Å². The quantitative estimate of drug-likeness (QED) is 0.883. The summed E-state index contributed by atoms with van der Waals surface area (Å²) in [6, 6.07) is 5.36. The molecule has 17 heavy (non-hydrogen) atoms. The van der Waals surface area contributed by atoms with Crippen molar-refractivity contribution in [1.29, 1.82) is 0 Å². The molecule has 0 unspecified atom stereocenters. The Morgan fingerprint density at radius 2 is 1.88 bits per heavy atom. The summed E-state index contributed by atoms with van der Waals surface area (Å²) in [5, 5.41) is 0. The molecule has 0 saturated heterocycles. The second kappa shape index (κ2) is 5.14. The van der Waals surface area contributed by atoms with Gasteiger partial charge < -0.3 is 0 Å². The Hall–Kier alpha value is -0.940. The zero-order valence-corrected chi connectivity index (χ0v) is 11.1. The molecule has 0 aliphatic carbocycles. The Labute approximate surface area is 102 Å². The Morgan fingerprint density at radius 1 is 1.29 bits per heavy atom. The minimum absolute atomic E-state index is 0.141. The Balaban J connectivity index is 2.88. The van der Waals surface area contributed by atoms with Crippen molar-refractivity contribution in [1.82, 2.24) is 4.72 Å². The molecule has 0 spiro atoms. The predicted octanol–water partition coefficient (Wildman–Crippen LogP) is 2.54. The van der Waals surface area contributed by atoms with E-state index in [-0.39, 0.29) is 10.3 Å². The highest BCUT2D eigenvalue weighted by Crippen LogP contribution is 2.20. The summed E-state index contributed by atoms with van der Waals surface area (Å²) in [7, 11) is -3.76. The van der Waals surface area contributed by atoms with Gasteiger partial charge in [0.25, 0.3) is 0 Å². The topological polar surface area (TPSA) is 46.2 Å². The van der Waals surface area contributed by atoms with Crippen LogP contribution in [-0.2, 0) is 10.0 Å². The third kappa shape index (κ3) is 3.78. The molecule has 1 aromatic rings. The highest BCUT2D eigenvalue weighted by atomic mass is 32.2. The molecular formula is C12H18FNO2S. The Bertz CT molecular complexity index is 483. The van der Waals surface area contributed by atoms with Crippen molar-refractivity contribution in [3.63, 3.8) is 0 Å². The van der Waals surface area contributed by atoms with E-state index in [2.05, 4.69) is 4.72 Å². The number of benzene rings is 1. The summed E-state index contributed by atoms with van der Waals surface area (Å²) < 4.78 is 39.5. The van der Waals surface area contributed by atoms with E-state index in [4.69, 9.17) is 0 Å². The third-order valence-electron chi connectivity index (χ3n) is 2.82. The highest BCUT2D eigenvalue weighted by molar-refractivity contribution is 7.89. The lowest BCUT2D eigenvalue weighted by Crippen LogP contribution is -2.34. The van der Waals surface area contributed by atoms with Gasteiger partial charge in [-0.1, -0.05) is 32.9 Å². The molecule has 1 rings (SSSR count). The molecule has 1 N–H and O–H groups in total. The Morgan fingerprint density at radius 3 is 2.41 bits per heavy atom. The molecule has 0 heterocycles. The van der Waals surface area contributed by atoms with Crippen molar-refractivity contribution in [2.75, 3.05) is 6.54 Å². The molecule has 1 aromatic carbocycles. The first-order chi connectivity index (χ1) is 7.78. The molecule has 0 bridgehead atoms. The molecule has 0 fully saturated rings. The van der Waals surface area contributed by atoms with Crippen LogP contribution < -0.4 is 4.72 Å². The van der Waals surface area contributed by atoms with E-state index in [1.54, 1.807) is 0 Å². The van der Waals surface area contributed by atoms with Crippen LogP contribution in [-0.4, -0.2) is 15.0 Å². The van der Waals surface area contributed by atoms with Crippen LogP contribution in [0.15, 0.2) is 29.2 Å². The van der Waals surface area contributed by atoms with Crippen molar-refractivity contribution in [3.05, 3.63) is 30.1 Å². The first-order valence-corrected chi connectivity index (χ1v) is 7.01. The van der Waals surface area contributed by atoms with Crippen molar-refractivity contribution < 1.29 is 12.8 Å². The SMILES string of the molecule is CCC(C)(C)CNS(=O)(=O)c1ccccc1F. The Kier molecular flexibility index (Phi) is 4.27. The van der Waals surface area contributed by atoms with Gasteiger partial charge in [-0.2, -0.15) is 0 Å². The van der Waals surface area contributed by atoms with Gasteiger partial charge in [0.1, 0.15) is 10.7 Å². The fourth-order valence-corrected chi connectivity index (χ4v) is 2.47. The minimum atomic E-state index is -3.76. The van der Waals surface area contributed by atoms with Gasteiger partial charge in [-0.05, 0) is 24.0 Å². The molecular weight excluding hydrogens is 241 g/mol. The molecule has 0 aliphatic heterocycles. The molecule has 5 heteroatoms. The van der Waals surface area contributed by atoms with Crippen LogP contribution in [0, 0.1) is 11.2 Å². The summed E-state index contributed by atoms with van der Waals surface area (Å²) in [6.07, 6.45) is 0.840. The van der Waals surface area contributed by atoms with Crippen LogP contribution in [0.25, 0.3) is 0 Å². The predicted molar refractivity (Wildman–Crippen MR) is 65.7 cm³/mol. The number of sulfonamides is 1. The summed E-state index contributed by atoms with van der Waals surface area (Å²) in [4.78, 5) is -0.299. The number of hydrogen-bond acceptors (Lipinski definition) is 2. The monoisotopic (exact) mass is 259 g/mol. The summed E-state index contributed by atoms with van der Waals surface area (Å²) in [6.45, 7) is 6.19. The maximum Gasteiger partial charge on any atom is 0.243 e. The van der Waals surface area contributed by atoms with E-state index >= 15 is 0 Å². The molecule has 0 radical (unpaired) electrons. The molecule has 3 nitrogen and oxygen atoms in total. The molecule has 0 aromatic heterocycles. The number of rotatable bonds is 5. The highest BCUT2D eigenvalue weighted by Gasteiger charge is 2.22. The second-order valence-electron chi connectivity index (χ2n) is 4.77. The van der Waals surface area contributed by atoms with Crippen LogP contribution in [0.3, 0.4) is 0 Å². The van der Waals surface area contributed by atoms with Gasteiger partial charge in [-0.25, -0.2) is 17.5 Å². The largest absolute Gasteiger partial charge is 0.243 e. The van der Waals surface area contributed by atoms with Crippen LogP contribution in [0.4, 0.5) is 4.39 Å². The lowest BCUT2D eigenvalue weighted by molar-refractivity contribution is 0.350. The van der Waals surface area contributed by atoms with E-state index < -0.39 is 15.8 Å². The van der Waals surface area contributed by atoms with Crippen LogP contribution >= 0.6 is 0 Å². The fraction of sp³-hybridized carbons (Fsp3) is 0.500. The standard InChI is InChI=1S/C12H18FNO2S/c1-4-12(2,3)9-14-17(15,16)11-8-6-5-7-10(11)13/h5-8,14H,4,9H2,1-3H3. The van der Waals surface area contributed by atoms with E-state index in [0.29, 0.717) is 6.54 Å². The lowest BCUT2D eigenvalue weighted by Gasteiger charge is -2.22. The van der Waals surface area contributed by atoms with Gasteiger partial charge in [0.2, 0.25) is 10.0 Å². The van der Waals surface area contributed by atoms with Gasteiger partial charge in [0.15, 0.2) is 0 Å². The smallest absolute Gasteiger partial charge is 0.211 e. The molecule has 0 saturated carbocycles. The normalized spacial score (nSPS) is 12.7. The molecule has 0 atom stereocenters. The zero-order valence-electron chi connectivity index (χ0n) is 10.3. The summed E-state index contributed by atoms with van der Waals surface area (Å²) in [5.74, 6) is -0.727.